The van der Waals surface area contributed by atoms with Crippen molar-refractivity contribution < 1.29 is 4.79 Å². The summed E-state index contributed by atoms with van der Waals surface area (Å²) in [5.41, 5.74) is 4.12. The van der Waals surface area contributed by atoms with Crippen LogP contribution in [-0.4, -0.2) is 16.9 Å². The molecule has 0 unspecified atom stereocenters. The monoisotopic (exact) mass is 267 g/mol. The average molecular weight is 267 g/mol. The maximum Gasteiger partial charge on any atom is 0.241 e. The highest BCUT2D eigenvalue weighted by atomic mass is 16.2. The van der Waals surface area contributed by atoms with Crippen LogP contribution < -0.4 is 10.6 Å². The van der Waals surface area contributed by atoms with Crippen LogP contribution in [0.3, 0.4) is 0 Å². The van der Waals surface area contributed by atoms with Gasteiger partial charge in [-0.1, -0.05) is 24.3 Å². The summed E-state index contributed by atoms with van der Waals surface area (Å²) in [6.45, 7) is 2.62. The number of carbonyl (C=O) groups excluding carboxylic acids is 1. The Hall–Kier alpha value is -2.20. The van der Waals surface area contributed by atoms with Crippen molar-refractivity contribution in [3.05, 3.63) is 59.4 Å². The maximum atomic E-state index is 12.3. The van der Waals surface area contributed by atoms with Crippen molar-refractivity contribution in [2.45, 2.75) is 25.9 Å². The van der Waals surface area contributed by atoms with Gasteiger partial charge in [-0.3, -0.25) is 9.78 Å². The SMILES string of the molecule is Cc1ncccc1NC(=O)[C@H]1Cc2ccccc2CN1. The summed E-state index contributed by atoms with van der Waals surface area (Å²) in [6, 6.07) is 11.7. The first-order valence-electron chi connectivity index (χ1n) is 6.76. The van der Waals surface area contributed by atoms with Crippen molar-refractivity contribution in [3.63, 3.8) is 0 Å². The van der Waals surface area contributed by atoms with E-state index in [-0.39, 0.29) is 11.9 Å². The summed E-state index contributed by atoms with van der Waals surface area (Å²) >= 11 is 0. The molecule has 1 amide bonds. The van der Waals surface area contributed by atoms with Gasteiger partial charge in [0.05, 0.1) is 17.4 Å². The van der Waals surface area contributed by atoms with Crippen molar-refractivity contribution in [3.8, 4) is 0 Å². The zero-order valence-electron chi connectivity index (χ0n) is 11.4. The number of carbonyl (C=O) groups is 1. The second-order valence-corrected chi connectivity index (χ2v) is 5.03. The lowest BCUT2D eigenvalue weighted by Gasteiger charge is -2.25. The number of hydrogen-bond donors (Lipinski definition) is 2. The van der Waals surface area contributed by atoms with Crippen LogP contribution in [-0.2, 0) is 17.8 Å². The Bertz CT molecular complexity index is 639. The van der Waals surface area contributed by atoms with Crippen LogP contribution in [0.25, 0.3) is 0 Å². The number of amides is 1. The Morgan fingerprint density at radius 1 is 1.25 bits per heavy atom. The Kier molecular flexibility index (Phi) is 3.48. The molecule has 2 aromatic rings. The third kappa shape index (κ3) is 2.56. The number of nitrogens with one attached hydrogen (secondary N) is 2. The number of pyridine rings is 1. The molecule has 2 heterocycles. The van der Waals surface area contributed by atoms with Gasteiger partial charge in [-0.2, -0.15) is 0 Å². The fourth-order valence-electron chi connectivity index (χ4n) is 2.48. The molecule has 0 saturated carbocycles. The number of rotatable bonds is 2. The zero-order valence-corrected chi connectivity index (χ0v) is 11.4. The highest BCUT2D eigenvalue weighted by Crippen LogP contribution is 2.18. The van der Waals surface area contributed by atoms with E-state index in [0.29, 0.717) is 0 Å². The van der Waals surface area contributed by atoms with Crippen LogP contribution in [0.4, 0.5) is 5.69 Å². The molecule has 1 aromatic heterocycles. The summed E-state index contributed by atoms with van der Waals surface area (Å²) < 4.78 is 0. The van der Waals surface area contributed by atoms with E-state index in [4.69, 9.17) is 0 Å². The van der Waals surface area contributed by atoms with Gasteiger partial charge < -0.3 is 10.6 Å². The van der Waals surface area contributed by atoms with Crippen LogP contribution in [0.2, 0.25) is 0 Å². The van der Waals surface area contributed by atoms with Crippen molar-refractivity contribution >= 4 is 11.6 Å². The third-order valence-electron chi connectivity index (χ3n) is 3.66. The fourth-order valence-corrected chi connectivity index (χ4v) is 2.48. The summed E-state index contributed by atoms with van der Waals surface area (Å²) in [4.78, 5) is 16.5. The van der Waals surface area contributed by atoms with Gasteiger partial charge in [0.25, 0.3) is 0 Å². The summed E-state index contributed by atoms with van der Waals surface area (Å²) in [7, 11) is 0. The standard InChI is InChI=1S/C16H17N3O/c1-11-14(7-4-8-17-11)19-16(20)15-9-12-5-2-3-6-13(12)10-18-15/h2-8,15,18H,9-10H2,1H3,(H,19,20)/t15-/m1/s1. The average Bonchev–Trinajstić information content (AvgIpc) is 2.49. The Morgan fingerprint density at radius 2 is 2.05 bits per heavy atom. The third-order valence-corrected chi connectivity index (χ3v) is 3.66. The lowest BCUT2D eigenvalue weighted by Crippen LogP contribution is -2.44. The number of hydrogen-bond acceptors (Lipinski definition) is 3. The van der Waals surface area contributed by atoms with Crippen LogP contribution in [0.5, 0.6) is 0 Å². The summed E-state index contributed by atoms with van der Waals surface area (Å²) in [6.07, 6.45) is 2.45. The van der Waals surface area contributed by atoms with Crippen molar-refractivity contribution in [2.75, 3.05) is 5.32 Å². The molecule has 102 valence electrons. The number of aromatic nitrogens is 1. The predicted octanol–water partition coefficient (Wildman–Crippen LogP) is 2.04. The molecule has 4 nitrogen and oxygen atoms in total. The molecular weight excluding hydrogens is 250 g/mol. The van der Waals surface area contributed by atoms with E-state index in [1.165, 1.54) is 11.1 Å². The van der Waals surface area contributed by atoms with E-state index < -0.39 is 0 Å². The first kappa shape index (κ1) is 12.8. The number of nitrogens with zero attached hydrogens (tertiary/aromatic N) is 1. The van der Waals surface area contributed by atoms with Gasteiger partial charge in [0.1, 0.15) is 0 Å². The van der Waals surface area contributed by atoms with E-state index in [1.807, 2.05) is 31.2 Å². The van der Waals surface area contributed by atoms with Gasteiger partial charge in [-0.25, -0.2) is 0 Å². The van der Waals surface area contributed by atoms with E-state index in [1.54, 1.807) is 6.20 Å². The first-order chi connectivity index (χ1) is 9.74. The molecule has 0 aliphatic carbocycles. The van der Waals surface area contributed by atoms with Gasteiger partial charge >= 0.3 is 0 Å². The van der Waals surface area contributed by atoms with E-state index in [0.717, 1.165) is 24.3 Å². The molecule has 0 saturated heterocycles. The molecule has 0 radical (unpaired) electrons. The van der Waals surface area contributed by atoms with Gasteiger partial charge in [0, 0.05) is 12.7 Å². The molecule has 3 rings (SSSR count). The van der Waals surface area contributed by atoms with Gasteiger partial charge in [0.2, 0.25) is 5.91 Å². The van der Waals surface area contributed by atoms with Crippen molar-refractivity contribution in [2.24, 2.45) is 0 Å². The normalized spacial score (nSPS) is 17.4. The quantitative estimate of drug-likeness (QED) is 0.875. The van der Waals surface area contributed by atoms with Crippen LogP contribution >= 0.6 is 0 Å². The lowest BCUT2D eigenvalue weighted by molar-refractivity contribution is -0.118. The van der Waals surface area contributed by atoms with Crippen LogP contribution in [0.1, 0.15) is 16.8 Å². The molecule has 0 fully saturated rings. The predicted molar refractivity (Wildman–Crippen MR) is 78.4 cm³/mol. The highest BCUT2D eigenvalue weighted by Gasteiger charge is 2.24. The minimum absolute atomic E-state index is 0.00407. The fraction of sp³-hybridized carbons (Fsp3) is 0.250. The Balaban J connectivity index is 1.72. The van der Waals surface area contributed by atoms with Crippen LogP contribution in [0.15, 0.2) is 42.6 Å². The molecule has 2 N–H and O–H groups in total. The molecule has 1 aliphatic rings. The van der Waals surface area contributed by atoms with Crippen molar-refractivity contribution in [1.82, 2.24) is 10.3 Å². The van der Waals surface area contributed by atoms with Gasteiger partial charge in [0.15, 0.2) is 0 Å². The number of aryl methyl sites for hydroxylation is 1. The smallest absolute Gasteiger partial charge is 0.241 e. The number of benzene rings is 1. The largest absolute Gasteiger partial charge is 0.323 e. The molecule has 1 aliphatic heterocycles. The number of fused-ring (bicyclic) bond motifs is 1. The minimum atomic E-state index is -0.190. The maximum absolute atomic E-state index is 12.3. The van der Waals surface area contributed by atoms with Gasteiger partial charge in [-0.05, 0) is 36.6 Å². The van der Waals surface area contributed by atoms with E-state index in [9.17, 15) is 4.79 Å². The second kappa shape index (κ2) is 5.43. The minimum Gasteiger partial charge on any atom is -0.323 e. The molecule has 4 heteroatoms. The van der Waals surface area contributed by atoms with E-state index in [2.05, 4.69) is 27.8 Å². The molecule has 20 heavy (non-hydrogen) atoms. The zero-order chi connectivity index (χ0) is 13.9. The molecule has 0 bridgehead atoms. The Labute approximate surface area is 118 Å². The van der Waals surface area contributed by atoms with Crippen molar-refractivity contribution in [1.29, 1.82) is 0 Å². The summed E-state index contributed by atoms with van der Waals surface area (Å²) in [5.74, 6) is -0.00407. The highest BCUT2D eigenvalue weighted by molar-refractivity contribution is 5.95. The Morgan fingerprint density at radius 3 is 2.85 bits per heavy atom. The van der Waals surface area contributed by atoms with Crippen LogP contribution in [0, 0.1) is 6.92 Å². The molecular formula is C16H17N3O. The molecule has 0 spiro atoms. The lowest BCUT2D eigenvalue weighted by atomic mass is 9.95. The second-order valence-electron chi connectivity index (χ2n) is 5.03. The van der Waals surface area contributed by atoms with Gasteiger partial charge in [-0.15, -0.1) is 0 Å². The molecule has 1 atom stereocenters. The number of anilines is 1. The molecule has 1 aromatic carbocycles. The first-order valence-corrected chi connectivity index (χ1v) is 6.76. The topological polar surface area (TPSA) is 54.0 Å². The summed E-state index contributed by atoms with van der Waals surface area (Å²) in [5, 5.41) is 6.23. The van der Waals surface area contributed by atoms with E-state index >= 15 is 0 Å².